The van der Waals surface area contributed by atoms with E-state index in [9.17, 15) is 18.0 Å². The van der Waals surface area contributed by atoms with Crippen LogP contribution in [0, 0.1) is 12.8 Å². The van der Waals surface area contributed by atoms with Gasteiger partial charge in [0.05, 0.1) is 32.6 Å². The predicted octanol–water partition coefficient (Wildman–Crippen LogP) is 6.12. The van der Waals surface area contributed by atoms with Gasteiger partial charge in [-0.3, -0.25) is 9.78 Å². The zero-order valence-electron chi connectivity index (χ0n) is 16.3. The van der Waals surface area contributed by atoms with E-state index in [0.717, 1.165) is 61.8 Å². The Bertz CT molecular complexity index is 913. The van der Waals surface area contributed by atoms with Crippen LogP contribution in [0.1, 0.15) is 47.3 Å². The molecule has 30 heavy (non-hydrogen) atoms. The van der Waals surface area contributed by atoms with Gasteiger partial charge in [-0.1, -0.05) is 23.2 Å². The van der Waals surface area contributed by atoms with E-state index in [4.69, 9.17) is 23.2 Å². The fourth-order valence-corrected chi connectivity index (χ4v) is 3.95. The molecule has 3 rings (SSSR count). The Balaban J connectivity index is 1.52. The Morgan fingerprint density at radius 3 is 2.53 bits per heavy atom. The lowest BCUT2D eigenvalue weighted by molar-refractivity contribution is -0.137. The summed E-state index contributed by atoms with van der Waals surface area (Å²) >= 11 is 11.9. The predicted molar refractivity (Wildman–Crippen MR) is 112 cm³/mol. The fraction of sp³-hybridized carbons (Fsp3) is 0.429. The Hall–Kier alpha value is -1.99. The third-order valence-electron chi connectivity index (χ3n) is 5.36. The maximum atomic E-state index is 12.9. The molecule has 4 nitrogen and oxygen atoms in total. The first kappa shape index (κ1) is 22.7. The molecule has 0 unspecified atom stereocenters. The molecule has 0 bridgehead atoms. The molecule has 0 aliphatic heterocycles. The number of aryl methyl sites for hydroxylation is 1. The molecule has 0 atom stereocenters. The second-order valence-corrected chi connectivity index (χ2v) is 8.39. The van der Waals surface area contributed by atoms with Crippen LogP contribution in [-0.2, 0) is 6.18 Å². The Kier molecular flexibility index (Phi) is 7.14. The van der Waals surface area contributed by atoms with Gasteiger partial charge in [0.25, 0.3) is 5.91 Å². The number of hydrogen-bond donors (Lipinski definition) is 2. The molecule has 1 fully saturated rings. The van der Waals surface area contributed by atoms with Gasteiger partial charge in [-0.05, 0) is 62.8 Å². The maximum Gasteiger partial charge on any atom is 0.416 e. The second kappa shape index (κ2) is 9.43. The minimum atomic E-state index is -4.53. The third kappa shape index (κ3) is 5.79. The van der Waals surface area contributed by atoms with Crippen molar-refractivity contribution in [3.8, 4) is 0 Å². The molecule has 1 heterocycles. The van der Waals surface area contributed by atoms with Crippen LogP contribution >= 0.6 is 23.2 Å². The summed E-state index contributed by atoms with van der Waals surface area (Å²) in [5.41, 5.74) is 0.729. The van der Waals surface area contributed by atoms with Crippen LogP contribution in [0.2, 0.25) is 10.0 Å². The van der Waals surface area contributed by atoms with Crippen molar-refractivity contribution in [3.63, 3.8) is 0 Å². The summed E-state index contributed by atoms with van der Waals surface area (Å²) in [4.78, 5) is 16.7. The van der Waals surface area contributed by atoms with E-state index in [0.29, 0.717) is 10.9 Å². The molecule has 2 aromatic rings. The van der Waals surface area contributed by atoms with Crippen molar-refractivity contribution in [2.75, 3.05) is 11.9 Å². The van der Waals surface area contributed by atoms with E-state index in [1.807, 2.05) is 13.0 Å². The fourth-order valence-electron chi connectivity index (χ4n) is 3.59. The number of carbonyl (C=O) groups is 1. The Morgan fingerprint density at radius 1 is 1.17 bits per heavy atom. The van der Waals surface area contributed by atoms with Crippen LogP contribution in [0.15, 0.2) is 30.5 Å². The van der Waals surface area contributed by atoms with Gasteiger partial charge in [0, 0.05) is 18.8 Å². The number of amides is 1. The highest BCUT2D eigenvalue weighted by Crippen LogP contribution is 2.32. The maximum absolute atomic E-state index is 12.9. The summed E-state index contributed by atoms with van der Waals surface area (Å²) in [5.74, 6) is -0.151. The van der Waals surface area contributed by atoms with Gasteiger partial charge >= 0.3 is 6.18 Å². The van der Waals surface area contributed by atoms with Crippen LogP contribution in [0.4, 0.5) is 18.9 Å². The number of aromatic nitrogens is 1. The molecule has 0 saturated heterocycles. The quantitative estimate of drug-likeness (QED) is 0.566. The van der Waals surface area contributed by atoms with Gasteiger partial charge < -0.3 is 10.6 Å². The number of nitrogens with zero attached hydrogens (tertiary/aromatic N) is 1. The van der Waals surface area contributed by atoms with E-state index < -0.39 is 17.6 Å². The highest BCUT2D eigenvalue weighted by molar-refractivity contribution is 6.33. The molecular weight excluding hydrogens is 438 g/mol. The van der Waals surface area contributed by atoms with Crippen molar-refractivity contribution in [1.82, 2.24) is 10.3 Å². The van der Waals surface area contributed by atoms with Crippen molar-refractivity contribution in [2.24, 2.45) is 5.92 Å². The van der Waals surface area contributed by atoms with Gasteiger partial charge in [-0.15, -0.1) is 0 Å². The van der Waals surface area contributed by atoms with E-state index in [2.05, 4.69) is 15.6 Å². The summed E-state index contributed by atoms with van der Waals surface area (Å²) in [7, 11) is 0. The van der Waals surface area contributed by atoms with Crippen molar-refractivity contribution in [1.29, 1.82) is 0 Å². The summed E-state index contributed by atoms with van der Waals surface area (Å²) in [6.07, 6.45) is 0.361. The van der Waals surface area contributed by atoms with E-state index >= 15 is 0 Å². The van der Waals surface area contributed by atoms with E-state index in [1.54, 1.807) is 6.20 Å². The minimum absolute atomic E-state index is 0.00360. The lowest BCUT2D eigenvalue weighted by Crippen LogP contribution is -2.38. The molecule has 0 spiro atoms. The molecule has 162 valence electrons. The standard InChI is InChI=1S/C21H22Cl2F3N3O/c1-12-19(9-15(22)11-27-12)28-10-13-2-5-16(6-3-13)29-20(30)17-8-14(21(24,25)26)4-7-18(17)23/h4,7-9,11,13,16,28H,2-3,5-6,10H2,1H3,(H,29,30)/t13-,16-. The number of carbonyl (C=O) groups excluding carboxylic acids is 1. The smallest absolute Gasteiger partial charge is 0.383 e. The van der Waals surface area contributed by atoms with Crippen LogP contribution in [-0.4, -0.2) is 23.5 Å². The van der Waals surface area contributed by atoms with E-state index in [-0.39, 0.29) is 16.6 Å². The number of alkyl halides is 3. The molecule has 1 aromatic heterocycles. The van der Waals surface area contributed by atoms with Crippen molar-refractivity contribution in [2.45, 2.75) is 44.8 Å². The zero-order chi connectivity index (χ0) is 21.9. The third-order valence-corrected chi connectivity index (χ3v) is 5.89. The highest BCUT2D eigenvalue weighted by atomic mass is 35.5. The molecular formula is C21H22Cl2F3N3O. The molecule has 1 saturated carbocycles. The molecule has 1 aliphatic rings. The number of anilines is 1. The first-order valence-corrected chi connectivity index (χ1v) is 10.4. The van der Waals surface area contributed by atoms with Crippen LogP contribution < -0.4 is 10.6 Å². The lowest BCUT2D eigenvalue weighted by atomic mass is 9.86. The van der Waals surface area contributed by atoms with Gasteiger partial charge in [-0.2, -0.15) is 13.2 Å². The number of benzene rings is 1. The summed E-state index contributed by atoms with van der Waals surface area (Å²) in [6.45, 7) is 2.67. The first-order chi connectivity index (χ1) is 14.1. The summed E-state index contributed by atoms with van der Waals surface area (Å²) in [5, 5.41) is 6.78. The van der Waals surface area contributed by atoms with Gasteiger partial charge in [0.15, 0.2) is 0 Å². The minimum Gasteiger partial charge on any atom is -0.383 e. The highest BCUT2D eigenvalue weighted by Gasteiger charge is 2.32. The molecule has 1 aromatic carbocycles. The number of pyridine rings is 1. The Morgan fingerprint density at radius 2 is 1.87 bits per heavy atom. The topological polar surface area (TPSA) is 54.0 Å². The van der Waals surface area contributed by atoms with Crippen molar-refractivity contribution >= 4 is 34.8 Å². The number of rotatable bonds is 5. The van der Waals surface area contributed by atoms with Crippen LogP contribution in [0.3, 0.4) is 0 Å². The molecule has 2 N–H and O–H groups in total. The zero-order valence-corrected chi connectivity index (χ0v) is 17.8. The largest absolute Gasteiger partial charge is 0.416 e. The monoisotopic (exact) mass is 459 g/mol. The van der Waals surface area contributed by atoms with E-state index in [1.165, 1.54) is 0 Å². The van der Waals surface area contributed by atoms with Gasteiger partial charge in [0.2, 0.25) is 0 Å². The van der Waals surface area contributed by atoms with Gasteiger partial charge in [0.1, 0.15) is 0 Å². The molecule has 1 aliphatic carbocycles. The van der Waals surface area contributed by atoms with Crippen LogP contribution in [0.25, 0.3) is 0 Å². The second-order valence-electron chi connectivity index (χ2n) is 7.55. The normalized spacial score (nSPS) is 19.4. The molecule has 1 amide bonds. The van der Waals surface area contributed by atoms with Gasteiger partial charge in [-0.25, -0.2) is 0 Å². The van der Waals surface area contributed by atoms with Crippen molar-refractivity contribution < 1.29 is 18.0 Å². The first-order valence-electron chi connectivity index (χ1n) is 9.67. The Labute approximate surface area is 183 Å². The van der Waals surface area contributed by atoms with Crippen molar-refractivity contribution in [3.05, 3.63) is 57.3 Å². The van der Waals surface area contributed by atoms with Crippen LogP contribution in [0.5, 0.6) is 0 Å². The number of hydrogen-bond acceptors (Lipinski definition) is 3. The number of halogens is 5. The average Bonchev–Trinajstić information content (AvgIpc) is 2.69. The summed E-state index contributed by atoms with van der Waals surface area (Å²) < 4.78 is 38.7. The number of nitrogens with one attached hydrogen (secondary N) is 2. The lowest BCUT2D eigenvalue weighted by Gasteiger charge is -2.29. The average molecular weight is 460 g/mol. The molecule has 0 radical (unpaired) electrons. The summed E-state index contributed by atoms with van der Waals surface area (Å²) in [6, 6.07) is 4.53. The molecule has 9 heteroatoms. The SMILES string of the molecule is Cc1ncc(Cl)cc1NC[C@H]1CC[C@H](NC(=O)c2cc(C(F)(F)F)ccc2Cl)CC1.